The third kappa shape index (κ3) is 2.35. The largest absolute Gasteiger partial charge is 0.461 e. The van der Waals surface area contributed by atoms with Gasteiger partial charge in [0.1, 0.15) is 28.3 Å². The molecule has 1 spiro atoms. The molecule has 7 heteroatoms. The van der Waals surface area contributed by atoms with E-state index in [0.717, 1.165) is 0 Å². The predicted molar refractivity (Wildman–Crippen MR) is 95.8 cm³/mol. The Morgan fingerprint density at radius 3 is 2.70 bits per heavy atom. The summed E-state index contributed by atoms with van der Waals surface area (Å²) in [7, 11) is 1.62. The van der Waals surface area contributed by atoms with Gasteiger partial charge >= 0.3 is 5.63 Å². The molecule has 2 aliphatic heterocycles. The van der Waals surface area contributed by atoms with Crippen molar-refractivity contribution in [3.8, 4) is 5.75 Å². The first-order valence-electron chi connectivity index (χ1n) is 8.62. The number of rotatable bonds is 2. The van der Waals surface area contributed by atoms with Gasteiger partial charge in [-0.1, -0.05) is 18.2 Å². The number of carbonyl (C=O) groups is 2. The second-order valence-corrected chi connectivity index (χ2v) is 7.27. The van der Waals surface area contributed by atoms with Crippen molar-refractivity contribution in [3.05, 3.63) is 57.6 Å². The van der Waals surface area contributed by atoms with Gasteiger partial charge in [-0.3, -0.25) is 9.59 Å². The van der Waals surface area contributed by atoms with Crippen LogP contribution in [0.1, 0.15) is 36.7 Å². The lowest BCUT2D eigenvalue weighted by molar-refractivity contribution is -0.175. The van der Waals surface area contributed by atoms with E-state index in [1.807, 2.05) is 0 Å². The molecule has 140 valence electrons. The summed E-state index contributed by atoms with van der Waals surface area (Å²) >= 11 is 0. The number of para-hydroxylation sites is 1. The number of nitrogens with zero attached hydrogens (tertiary/aromatic N) is 1. The lowest BCUT2D eigenvalue weighted by atomic mass is 9.69. The molecule has 0 saturated carbocycles. The molecule has 1 N–H and O–H groups in total. The van der Waals surface area contributed by atoms with Crippen LogP contribution < -0.4 is 15.3 Å². The Labute approximate surface area is 155 Å². The fourth-order valence-electron chi connectivity index (χ4n) is 4.33. The van der Waals surface area contributed by atoms with Crippen molar-refractivity contribution >= 4 is 17.4 Å². The lowest BCUT2D eigenvalue weighted by Crippen LogP contribution is -2.55. The predicted octanol–water partition coefficient (Wildman–Crippen LogP) is 1.66. The summed E-state index contributed by atoms with van der Waals surface area (Å²) in [4.78, 5) is 39.4. The minimum absolute atomic E-state index is 0.0585. The number of hydrogen-bond acceptors (Lipinski definition) is 6. The normalized spacial score (nSPS) is 25.9. The van der Waals surface area contributed by atoms with Gasteiger partial charge in [-0.15, -0.1) is 0 Å². The Balaban J connectivity index is 2.07. The molecular formula is C20H19NO6. The van der Waals surface area contributed by atoms with Crippen molar-refractivity contribution in [1.29, 1.82) is 0 Å². The van der Waals surface area contributed by atoms with Gasteiger partial charge in [0, 0.05) is 25.2 Å². The third-order valence-corrected chi connectivity index (χ3v) is 5.23. The van der Waals surface area contributed by atoms with E-state index in [-0.39, 0.29) is 41.6 Å². The fraction of sp³-hybridized carbons (Fsp3) is 0.350. The number of ketones is 1. The Bertz CT molecular complexity index is 1040. The van der Waals surface area contributed by atoms with Gasteiger partial charge in [-0.2, -0.15) is 0 Å². The van der Waals surface area contributed by atoms with Crippen LogP contribution in [0.3, 0.4) is 0 Å². The van der Waals surface area contributed by atoms with E-state index in [1.54, 1.807) is 38.2 Å². The van der Waals surface area contributed by atoms with Crippen molar-refractivity contribution in [3.63, 3.8) is 0 Å². The maximum absolute atomic E-state index is 13.4. The molecule has 7 nitrogen and oxygen atoms in total. The van der Waals surface area contributed by atoms with Crippen LogP contribution in [-0.4, -0.2) is 29.6 Å². The zero-order chi connectivity index (χ0) is 19.6. The standard InChI is InChI=1S/C20H19NO6/c1-11(22)9-19(25)10-20(16-15(27-19)8-12(2)26-17(16)23)13-6-4-5-7-14(13)21(3)18(20)24/h4-8,25H,9-10H2,1-3H3/t19-,20+/m0/s1. The van der Waals surface area contributed by atoms with Crippen molar-refractivity contribution in [2.45, 2.75) is 37.9 Å². The molecule has 0 saturated heterocycles. The van der Waals surface area contributed by atoms with Gasteiger partial charge in [0.15, 0.2) is 0 Å². The molecule has 1 aromatic carbocycles. The second-order valence-electron chi connectivity index (χ2n) is 7.27. The second kappa shape index (κ2) is 5.53. The van der Waals surface area contributed by atoms with E-state index in [9.17, 15) is 19.5 Å². The average Bonchev–Trinajstić information content (AvgIpc) is 2.76. The monoisotopic (exact) mass is 369 g/mol. The van der Waals surface area contributed by atoms with Crippen LogP contribution in [0, 0.1) is 6.92 Å². The fourth-order valence-corrected chi connectivity index (χ4v) is 4.33. The molecule has 3 heterocycles. The van der Waals surface area contributed by atoms with Crippen molar-refractivity contribution in [2.75, 3.05) is 11.9 Å². The number of fused-ring (bicyclic) bond motifs is 4. The highest BCUT2D eigenvalue weighted by Crippen LogP contribution is 2.54. The molecule has 4 rings (SSSR count). The van der Waals surface area contributed by atoms with Gasteiger partial charge < -0.3 is 19.2 Å². The van der Waals surface area contributed by atoms with Gasteiger partial charge in [-0.25, -0.2) is 4.79 Å². The molecule has 2 aliphatic rings. The molecule has 0 aliphatic carbocycles. The van der Waals surface area contributed by atoms with Crippen LogP contribution in [0.5, 0.6) is 5.75 Å². The highest BCUT2D eigenvalue weighted by atomic mass is 16.6. The zero-order valence-corrected chi connectivity index (χ0v) is 15.2. The number of anilines is 1. The molecule has 1 aromatic heterocycles. The van der Waals surface area contributed by atoms with Crippen molar-refractivity contribution in [2.24, 2.45) is 0 Å². The molecule has 2 atom stereocenters. The van der Waals surface area contributed by atoms with Crippen LogP contribution in [0.25, 0.3) is 0 Å². The number of likely N-dealkylation sites (N-methyl/N-ethyl adjacent to an activating group) is 1. The topological polar surface area (TPSA) is 97.0 Å². The van der Waals surface area contributed by atoms with Crippen LogP contribution in [0.4, 0.5) is 5.69 Å². The summed E-state index contributed by atoms with van der Waals surface area (Å²) in [6, 6.07) is 8.55. The quantitative estimate of drug-likeness (QED) is 0.865. The molecule has 27 heavy (non-hydrogen) atoms. The van der Waals surface area contributed by atoms with E-state index >= 15 is 0 Å². The van der Waals surface area contributed by atoms with Crippen LogP contribution in [0.15, 0.2) is 39.5 Å². The molecule has 1 amide bonds. The highest BCUT2D eigenvalue weighted by molar-refractivity contribution is 6.10. The molecule has 0 fully saturated rings. The maximum atomic E-state index is 13.4. The number of ether oxygens (including phenoxy) is 1. The summed E-state index contributed by atoms with van der Waals surface area (Å²) in [5.74, 6) is -2.22. The summed E-state index contributed by atoms with van der Waals surface area (Å²) in [5, 5.41) is 11.1. The van der Waals surface area contributed by atoms with Crippen molar-refractivity contribution in [1.82, 2.24) is 0 Å². The number of aliphatic hydroxyl groups is 1. The van der Waals surface area contributed by atoms with Crippen LogP contribution in [-0.2, 0) is 15.0 Å². The molecule has 0 bridgehead atoms. The van der Waals surface area contributed by atoms with Gasteiger partial charge in [0.2, 0.25) is 11.7 Å². The smallest absolute Gasteiger partial charge is 0.344 e. The molecular weight excluding hydrogens is 350 g/mol. The van der Waals surface area contributed by atoms with Crippen LogP contribution >= 0.6 is 0 Å². The molecule has 0 unspecified atom stereocenters. The number of carbonyl (C=O) groups excluding carboxylic acids is 2. The Hall–Kier alpha value is -2.93. The minimum Gasteiger partial charge on any atom is -0.461 e. The SMILES string of the molecule is CC(=O)C[C@@]1(O)C[C@]2(C(=O)N(C)c3ccccc32)c2c(cc(C)oc2=O)O1. The van der Waals surface area contributed by atoms with E-state index in [1.165, 1.54) is 17.9 Å². The maximum Gasteiger partial charge on any atom is 0.344 e. The third-order valence-electron chi connectivity index (χ3n) is 5.23. The Kier molecular flexibility index (Phi) is 3.58. The Morgan fingerprint density at radius 2 is 2.00 bits per heavy atom. The summed E-state index contributed by atoms with van der Waals surface area (Å²) in [6.45, 7) is 2.91. The number of benzene rings is 1. The number of hydrogen-bond donors (Lipinski definition) is 1. The number of Topliss-reactive ketones (excluding diaryl/α,β-unsaturated/α-hetero) is 1. The van der Waals surface area contributed by atoms with Gasteiger partial charge in [0.25, 0.3) is 0 Å². The van der Waals surface area contributed by atoms with Crippen molar-refractivity contribution < 1.29 is 23.8 Å². The summed E-state index contributed by atoms with van der Waals surface area (Å²) < 4.78 is 10.9. The van der Waals surface area contributed by atoms with E-state index in [2.05, 4.69) is 0 Å². The first-order valence-corrected chi connectivity index (χ1v) is 8.62. The first-order chi connectivity index (χ1) is 12.7. The molecule has 2 aromatic rings. The molecule has 0 radical (unpaired) electrons. The zero-order valence-electron chi connectivity index (χ0n) is 15.2. The van der Waals surface area contributed by atoms with E-state index < -0.39 is 16.8 Å². The number of amides is 1. The van der Waals surface area contributed by atoms with Crippen LogP contribution in [0.2, 0.25) is 0 Å². The summed E-state index contributed by atoms with van der Waals surface area (Å²) in [5.41, 5.74) is -0.880. The lowest BCUT2D eigenvalue weighted by Gasteiger charge is -2.42. The van der Waals surface area contributed by atoms with Gasteiger partial charge in [0.05, 0.1) is 6.42 Å². The first kappa shape index (κ1) is 17.5. The average molecular weight is 369 g/mol. The Morgan fingerprint density at radius 1 is 1.30 bits per heavy atom. The van der Waals surface area contributed by atoms with Gasteiger partial charge in [-0.05, 0) is 25.5 Å². The highest BCUT2D eigenvalue weighted by Gasteiger charge is 2.61. The number of aryl methyl sites for hydroxylation is 1. The van der Waals surface area contributed by atoms with E-state index in [0.29, 0.717) is 11.3 Å². The summed E-state index contributed by atoms with van der Waals surface area (Å²) in [6.07, 6.45) is -0.548. The van der Waals surface area contributed by atoms with E-state index in [4.69, 9.17) is 9.15 Å². The minimum atomic E-state index is -1.91.